The molecule has 0 spiro atoms. The largest absolute Gasteiger partial charge is 0.454 e. The molecule has 0 saturated heterocycles. The summed E-state index contributed by atoms with van der Waals surface area (Å²) in [6, 6.07) is 5.43. The second-order valence-electron chi connectivity index (χ2n) is 5.98. The van der Waals surface area contributed by atoms with Crippen molar-refractivity contribution in [3.05, 3.63) is 23.8 Å². The van der Waals surface area contributed by atoms with Crippen molar-refractivity contribution in [3.8, 4) is 11.5 Å². The summed E-state index contributed by atoms with van der Waals surface area (Å²) in [5.74, 6) is 1.56. The summed E-state index contributed by atoms with van der Waals surface area (Å²) in [6.07, 6.45) is 3.72. The zero-order valence-electron chi connectivity index (χ0n) is 14.0. The van der Waals surface area contributed by atoms with Crippen LogP contribution in [0.15, 0.2) is 18.2 Å². The van der Waals surface area contributed by atoms with Gasteiger partial charge in [0, 0.05) is 12.5 Å². The molecule has 1 aliphatic rings. The molecule has 128 valence electrons. The minimum absolute atomic E-state index is 0.0905. The average Bonchev–Trinajstić information content (AvgIpc) is 3.02. The van der Waals surface area contributed by atoms with Crippen LogP contribution < -0.4 is 14.8 Å². The third-order valence-corrected chi connectivity index (χ3v) is 4.14. The zero-order chi connectivity index (χ0) is 16.7. The minimum atomic E-state index is -0.624. The van der Waals surface area contributed by atoms with E-state index in [0.29, 0.717) is 24.5 Å². The van der Waals surface area contributed by atoms with Crippen LogP contribution in [-0.2, 0) is 4.79 Å². The Morgan fingerprint density at radius 1 is 1.17 bits per heavy atom. The maximum Gasteiger partial charge on any atom is 0.231 e. The quantitative estimate of drug-likeness (QED) is 0.733. The Hall–Kier alpha value is -1.75. The van der Waals surface area contributed by atoms with Gasteiger partial charge in [-0.15, -0.1) is 0 Å². The molecule has 1 aromatic rings. The molecule has 2 rings (SSSR count). The van der Waals surface area contributed by atoms with E-state index < -0.39 is 6.10 Å². The number of hydrogen-bond acceptors (Lipinski definition) is 4. The van der Waals surface area contributed by atoms with Gasteiger partial charge in [-0.3, -0.25) is 4.79 Å². The third kappa shape index (κ3) is 4.86. The van der Waals surface area contributed by atoms with Crippen LogP contribution in [0.4, 0.5) is 0 Å². The summed E-state index contributed by atoms with van der Waals surface area (Å²) < 4.78 is 10.6. The van der Waals surface area contributed by atoms with Crippen LogP contribution in [0.2, 0.25) is 0 Å². The number of amides is 1. The smallest absolute Gasteiger partial charge is 0.231 e. The molecule has 1 unspecified atom stereocenters. The predicted octanol–water partition coefficient (Wildman–Crippen LogP) is 3.17. The first-order valence-electron chi connectivity index (χ1n) is 8.51. The molecule has 1 amide bonds. The Labute approximate surface area is 138 Å². The Morgan fingerprint density at radius 3 is 2.57 bits per heavy atom. The molecule has 0 fully saturated rings. The van der Waals surface area contributed by atoms with Gasteiger partial charge in [-0.25, -0.2) is 0 Å². The van der Waals surface area contributed by atoms with Crippen LogP contribution >= 0.6 is 0 Å². The van der Waals surface area contributed by atoms with Gasteiger partial charge in [0.1, 0.15) is 0 Å². The molecule has 0 saturated carbocycles. The van der Waals surface area contributed by atoms with Crippen molar-refractivity contribution in [2.75, 3.05) is 13.3 Å². The number of carbonyl (C=O) groups excluding carboxylic acids is 1. The highest BCUT2D eigenvalue weighted by atomic mass is 16.7. The van der Waals surface area contributed by atoms with Crippen LogP contribution in [0.5, 0.6) is 11.5 Å². The van der Waals surface area contributed by atoms with Gasteiger partial charge in [0.25, 0.3) is 0 Å². The molecule has 23 heavy (non-hydrogen) atoms. The van der Waals surface area contributed by atoms with Crippen LogP contribution in [0.25, 0.3) is 0 Å². The van der Waals surface area contributed by atoms with Crippen molar-refractivity contribution < 1.29 is 19.4 Å². The van der Waals surface area contributed by atoms with E-state index in [1.54, 1.807) is 12.1 Å². The molecule has 5 heteroatoms. The van der Waals surface area contributed by atoms with Crippen molar-refractivity contribution >= 4 is 5.91 Å². The summed E-state index contributed by atoms with van der Waals surface area (Å²) in [6.45, 7) is 4.89. The normalized spacial score (nSPS) is 14.1. The van der Waals surface area contributed by atoms with E-state index in [4.69, 9.17) is 9.47 Å². The van der Waals surface area contributed by atoms with Crippen LogP contribution in [0.3, 0.4) is 0 Å². The fourth-order valence-corrected chi connectivity index (χ4v) is 2.87. The molecule has 1 heterocycles. The van der Waals surface area contributed by atoms with E-state index in [-0.39, 0.29) is 18.6 Å². The minimum Gasteiger partial charge on any atom is -0.454 e. The number of hydrogen-bond donors (Lipinski definition) is 2. The van der Waals surface area contributed by atoms with Crippen molar-refractivity contribution in [1.29, 1.82) is 0 Å². The molecule has 5 nitrogen and oxygen atoms in total. The van der Waals surface area contributed by atoms with Crippen molar-refractivity contribution in [2.45, 2.75) is 52.1 Å². The number of carbonyl (C=O) groups is 1. The molecule has 0 radical (unpaired) electrons. The first-order chi connectivity index (χ1) is 11.2. The van der Waals surface area contributed by atoms with Gasteiger partial charge >= 0.3 is 0 Å². The van der Waals surface area contributed by atoms with Crippen LogP contribution in [-0.4, -0.2) is 24.4 Å². The highest BCUT2D eigenvalue weighted by Gasteiger charge is 2.18. The molecule has 2 N–H and O–H groups in total. The Balaban J connectivity index is 1.80. The Morgan fingerprint density at radius 2 is 1.87 bits per heavy atom. The number of ether oxygens (including phenoxy) is 2. The highest BCUT2D eigenvalue weighted by Crippen LogP contribution is 2.34. The number of aliphatic hydroxyl groups excluding tert-OH is 1. The summed E-state index contributed by atoms with van der Waals surface area (Å²) in [4.78, 5) is 12.2. The molecule has 1 aliphatic heterocycles. The van der Waals surface area contributed by atoms with Gasteiger partial charge in [0.15, 0.2) is 11.5 Å². The number of rotatable bonds is 9. The van der Waals surface area contributed by atoms with Crippen molar-refractivity contribution in [1.82, 2.24) is 5.32 Å². The monoisotopic (exact) mass is 321 g/mol. The topological polar surface area (TPSA) is 67.8 Å². The second-order valence-corrected chi connectivity index (χ2v) is 5.98. The molecular formula is C18H27NO4. The molecule has 1 atom stereocenters. The number of benzene rings is 1. The average molecular weight is 321 g/mol. The molecular weight excluding hydrogens is 294 g/mol. The van der Waals surface area contributed by atoms with Gasteiger partial charge in [0.05, 0.1) is 6.10 Å². The van der Waals surface area contributed by atoms with Gasteiger partial charge in [0.2, 0.25) is 12.7 Å². The fraction of sp³-hybridized carbons (Fsp3) is 0.611. The number of fused-ring (bicyclic) bond motifs is 1. The fourth-order valence-electron chi connectivity index (χ4n) is 2.87. The lowest BCUT2D eigenvalue weighted by Gasteiger charge is -2.17. The second kappa shape index (κ2) is 8.77. The van der Waals surface area contributed by atoms with E-state index in [9.17, 15) is 9.90 Å². The molecule has 1 aromatic carbocycles. The lowest BCUT2D eigenvalue weighted by atomic mass is 9.97. The molecule has 0 aliphatic carbocycles. The van der Waals surface area contributed by atoms with E-state index in [2.05, 4.69) is 19.2 Å². The van der Waals surface area contributed by atoms with Gasteiger partial charge in [-0.05, 0) is 37.0 Å². The van der Waals surface area contributed by atoms with Gasteiger partial charge in [-0.1, -0.05) is 32.8 Å². The van der Waals surface area contributed by atoms with Crippen LogP contribution in [0, 0.1) is 5.92 Å². The van der Waals surface area contributed by atoms with E-state index in [1.165, 1.54) is 0 Å². The third-order valence-electron chi connectivity index (χ3n) is 4.14. The van der Waals surface area contributed by atoms with Crippen molar-refractivity contribution in [2.24, 2.45) is 5.92 Å². The standard InChI is InChI=1S/C18H27NO4/c1-3-5-13(6-4-2)18(21)19-10-9-15(20)14-7-8-16-17(11-14)23-12-22-16/h7-8,11,13,15,20H,3-6,9-10,12H2,1-2H3,(H,19,21). The van der Waals surface area contributed by atoms with Crippen molar-refractivity contribution in [3.63, 3.8) is 0 Å². The predicted molar refractivity (Wildman–Crippen MR) is 88.5 cm³/mol. The van der Waals surface area contributed by atoms with Gasteiger partial charge < -0.3 is 19.9 Å². The summed E-state index contributed by atoms with van der Waals surface area (Å²) in [5.41, 5.74) is 0.780. The summed E-state index contributed by atoms with van der Waals surface area (Å²) in [7, 11) is 0. The highest BCUT2D eigenvalue weighted by molar-refractivity contribution is 5.78. The van der Waals surface area contributed by atoms with E-state index in [1.807, 2.05) is 6.07 Å². The molecule has 0 aromatic heterocycles. The zero-order valence-corrected chi connectivity index (χ0v) is 14.0. The number of nitrogens with one attached hydrogen (secondary N) is 1. The Kier molecular flexibility index (Phi) is 6.71. The van der Waals surface area contributed by atoms with E-state index in [0.717, 1.165) is 31.2 Å². The lowest BCUT2D eigenvalue weighted by Crippen LogP contribution is -2.32. The Bertz CT molecular complexity index is 512. The lowest BCUT2D eigenvalue weighted by molar-refractivity contribution is -0.125. The van der Waals surface area contributed by atoms with E-state index >= 15 is 0 Å². The van der Waals surface area contributed by atoms with Gasteiger partial charge in [-0.2, -0.15) is 0 Å². The maximum atomic E-state index is 12.2. The summed E-state index contributed by atoms with van der Waals surface area (Å²) in [5, 5.41) is 13.2. The number of aliphatic hydroxyl groups is 1. The first-order valence-corrected chi connectivity index (χ1v) is 8.51. The first kappa shape index (κ1) is 17.6. The maximum absolute atomic E-state index is 12.2. The SMILES string of the molecule is CCCC(CCC)C(=O)NCCC(O)c1ccc2c(c1)OCO2. The van der Waals surface area contributed by atoms with Crippen LogP contribution in [0.1, 0.15) is 57.6 Å². The molecule has 0 bridgehead atoms. The summed E-state index contributed by atoms with van der Waals surface area (Å²) >= 11 is 0.